The monoisotopic (exact) mass is 216 g/mol. The summed E-state index contributed by atoms with van der Waals surface area (Å²) in [5, 5.41) is 17.9. The number of hydrogen-bond donors (Lipinski definition) is 2. The minimum Gasteiger partial charge on any atom is -0.394 e. The number of ether oxygens (including phenoxy) is 1. The van der Waals surface area contributed by atoms with Gasteiger partial charge in [0.1, 0.15) is 6.10 Å². The molecule has 1 rings (SSSR count). The zero-order valence-corrected chi connectivity index (χ0v) is 10.1. The van der Waals surface area contributed by atoms with Crippen LogP contribution in [0.5, 0.6) is 0 Å². The minimum atomic E-state index is -0.727. The average molecular weight is 216 g/mol. The number of rotatable bonds is 4. The molecule has 2 N–H and O–H groups in total. The lowest BCUT2D eigenvalue weighted by Gasteiger charge is -2.40. The van der Waals surface area contributed by atoms with Crippen molar-refractivity contribution in [1.29, 1.82) is 0 Å². The van der Waals surface area contributed by atoms with E-state index in [9.17, 15) is 5.11 Å². The first-order valence-electron chi connectivity index (χ1n) is 5.86. The SMILES string of the molecule is C[C@H]1C[C@@H](OCC(O)CO)CCC1(C)C. The molecule has 0 aromatic rings. The second-order valence-electron chi connectivity index (χ2n) is 5.46. The van der Waals surface area contributed by atoms with Gasteiger partial charge >= 0.3 is 0 Å². The maximum atomic E-state index is 9.18. The molecule has 1 aliphatic carbocycles. The maximum absolute atomic E-state index is 9.18. The van der Waals surface area contributed by atoms with Crippen molar-refractivity contribution in [2.45, 2.75) is 52.2 Å². The molecule has 1 saturated carbocycles. The molecule has 1 unspecified atom stereocenters. The van der Waals surface area contributed by atoms with Crippen LogP contribution in [0.4, 0.5) is 0 Å². The highest BCUT2D eigenvalue weighted by molar-refractivity contribution is 4.84. The Morgan fingerprint density at radius 2 is 2.13 bits per heavy atom. The number of hydrogen-bond acceptors (Lipinski definition) is 3. The molecule has 0 aromatic carbocycles. The third-order valence-electron chi connectivity index (χ3n) is 3.80. The fraction of sp³-hybridized carbons (Fsp3) is 1.00. The molecule has 0 heterocycles. The summed E-state index contributed by atoms with van der Waals surface area (Å²) in [4.78, 5) is 0. The molecule has 15 heavy (non-hydrogen) atoms. The van der Waals surface area contributed by atoms with Crippen LogP contribution in [0.2, 0.25) is 0 Å². The smallest absolute Gasteiger partial charge is 0.100 e. The van der Waals surface area contributed by atoms with E-state index in [-0.39, 0.29) is 19.3 Å². The van der Waals surface area contributed by atoms with Crippen molar-refractivity contribution in [1.82, 2.24) is 0 Å². The third-order valence-corrected chi connectivity index (χ3v) is 3.80. The maximum Gasteiger partial charge on any atom is 0.100 e. The van der Waals surface area contributed by atoms with Gasteiger partial charge in [-0.25, -0.2) is 0 Å². The Labute approximate surface area is 92.4 Å². The van der Waals surface area contributed by atoms with Gasteiger partial charge in [0.25, 0.3) is 0 Å². The van der Waals surface area contributed by atoms with Crippen LogP contribution in [-0.4, -0.2) is 35.6 Å². The van der Waals surface area contributed by atoms with E-state index in [4.69, 9.17) is 9.84 Å². The molecule has 0 aromatic heterocycles. The van der Waals surface area contributed by atoms with Gasteiger partial charge < -0.3 is 14.9 Å². The Bertz CT molecular complexity index is 191. The van der Waals surface area contributed by atoms with E-state index in [1.165, 1.54) is 6.42 Å². The molecule has 3 atom stereocenters. The van der Waals surface area contributed by atoms with Gasteiger partial charge in [0.05, 0.1) is 19.3 Å². The molecule has 0 radical (unpaired) electrons. The lowest BCUT2D eigenvalue weighted by Crippen LogP contribution is -2.35. The Hall–Kier alpha value is -0.120. The molecular formula is C12H24O3. The average Bonchev–Trinajstić information content (AvgIpc) is 2.19. The zero-order chi connectivity index (χ0) is 11.5. The summed E-state index contributed by atoms with van der Waals surface area (Å²) < 4.78 is 5.59. The van der Waals surface area contributed by atoms with E-state index in [0.717, 1.165) is 12.8 Å². The third kappa shape index (κ3) is 3.74. The van der Waals surface area contributed by atoms with Crippen LogP contribution in [0.3, 0.4) is 0 Å². The molecule has 0 aliphatic heterocycles. The molecule has 0 saturated heterocycles. The topological polar surface area (TPSA) is 49.7 Å². The van der Waals surface area contributed by atoms with Crippen molar-refractivity contribution in [3.8, 4) is 0 Å². The Balaban J connectivity index is 2.29. The molecular weight excluding hydrogens is 192 g/mol. The highest BCUT2D eigenvalue weighted by Crippen LogP contribution is 2.41. The molecule has 90 valence electrons. The van der Waals surface area contributed by atoms with Gasteiger partial charge in [-0.2, -0.15) is 0 Å². The van der Waals surface area contributed by atoms with E-state index in [1.807, 2.05) is 0 Å². The molecule has 1 fully saturated rings. The van der Waals surface area contributed by atoms with Crippen molar-refractivity contribution in [2.24, 2.45) is 11.3 Å². The second-order valence-corrected chi connectivity index (χ2v) is 5.46. The van der Waals surface area contributed by atoms with Gasteiger partial charge in [-0.05, 0) is 30.6 Å². The summed E-state index contributed by atoms with van der Waals surface area (Å²) in [6, 6.07) is 0. The predicted octanol–water partition coefficient (Wildman–Crippen LogP) is 1.57. The van der Waals surface area contributed by atoms with E-state index in [2.05, 4.69) is 20.8 Å². The highest BCUT2D eigenvalue weighted by Gasteiger charge is 2.33. The van der Waals surface area contributed by atoms with Gasteiger partial charge in [-0.3, -0.25) is 0 Å². The summed E-state index contributed by atoms with van der Waals surface area (Å²) >= 11 is 0. The van der Waals surface area contributed by atoms with Crippen molar-refractivity contribution in [3.05, 3.63) is 0 Å². The first kappa shape index (κ1) is 12.9. The van der Waals surface area contributed by atoms with E-state index in [1.54, 1.807) is 0 Å². The minimum absolute atomic E-state index is 0.215. The van der Waals surface area contributed by atoms with Crippen LogP contribution in [0.1, 0.15) is 40.0 Å². The number of aliphatic hydroxyl groups excluding tert-OH is 2. The van der Waals surface area contributed by atoms with Gasteiger partial charge in [0, 0.05) is 0 Å². The van der Waals surface area contributed by atoms with Crippen LogP contribution in [-0.2, 0) is 4.74 Å². The van der Waals surface area contributed by atoms with E-state index < -0.39 is 6.10 Å². The first-order chi connectivity index (χ1) is 6.95. The quantitative estimate of drug-likeness (QED) is 0.750. The zero-order valence-electron chi connectivity index (χ0n) is 10.1. The Morgan fingerprint density at radius 1 is 1.47 bits per heavy atom. The van der Waals surface area contributed by atoms with Crippen LogP contribution in [0, 0.1) is 11.3 Å². The standard InChI is InChI=1S/C12H24O3/c1-9-6-11(4-5-12(9,2)3)15-8-10(14)7-13/h9-11,13-14H,4-8H2,1-3H3/t9-,10?,11-/m0/s1. The molecule has 0 spiro atoms. The van der Waals surface area contributed by atoms with Crippen LogP contribution in [0.25, 0.3) is 0 Å². The Kier molecular flexibility index (Phi) is 4.56. The molecule has 0 bridgehead atoms. The van der Waals surface area contributed by atoms with Crippen molar-refractivity contribution in [2.75, 3.05) is 13.2 Å². The van der Waals surface area contributed by atoms with E-state index >= 15 is 0 Å². The summed E-state index contributed by atoms with van der Waals surface area (Å²) in [5.74, 6) is 0.655. The molecule has 0 amide bonds. The lowest BCUT2D eigenvalue weighted by atomic mass is 9.69. The summed E-state index contributed by atoms with van der Waals surface area (Å²) in [5.41, 5.74) is 0.412. The summed E-state index contributed by atoms with van der Waals surface area (Å²) in [6.45, 7) is 6.91. The summed E-state index contributed by atoms with van der Waals surface area (Å²) in [7, 11) is 0. The van der Waals surface area contributed by atoms with Crippen molar-refractivity contribution in [3.63, 3.8) is 0 Å². The largest absolute Gasteiger partial charge is 0.394 e. The molecule has 3 heteroatoms. The first-order valence-corrected chi connectivity index (χ1v) is 5.86. The fourth-order valence-electron chi connectivity index (χ4n) is 2.06. The lowest BCUT2D eigenvalue weighted by molar-refractivity contribution is -0.0630. The van der Waals surface area contributed by atoms with Crippen LogP contribution >= 0.6 is 0 Å². The molecule has 3 nitrogen and oxygen atoms in total. The Morgan fingerprint density at radius 3 is 2.67 bits per heavy atom. The second kappa shape index (κ2) is 5.28. The van der Waals surface area contributed by atoms with Gasteiger partial charge in [-0.15, -0.1) is 0 Å². The van der Waals surface area contributed by atoms with Gasteiger partial charge in [0.2, 0.25) is 0 Å². The normalized spacial score (nSPS) is 32.6. The van der Waals surface area contributed by atoms with Crippen LogP contribution < -0.4 is 0 Å². The van der Waals surface area contributed by atoms with Crippen LogP contribution in [0.15, 0.2) is 0 Å². The van der Waals surface area contributed by atoms with Gasteiger partial charge in [-0.1, -0.05) is 20.8 Å². The van der Waals surface area contributed by atoms with E-state index in [0.29, 0.717) is 11.3 Å². The fourth-order valence-corrected chi connectivity index (χ4v) is 2.06. The highest BCUT2D eigenvalue weighted by atomic mass is 16.5. The van der Waals surface area contributed by atoms with Crippen molar-refractivity contribution < 1.29 is 14.9 Å². The summed E-state index contributed by atoms with van der Waals surface area (Å²) in [6.07, 6.45) is 2.83. The predicted molar refractivity (Wildman–Crippen MR) is 59.6 cm³/mol. The number of aliphatic hydroxyl groups is 2. The van der Waals surface area contributed by atoms with Gasteiger partial charge in [0.15, 0.2) is 0 Å². The molecule has 1 aliphatic rings. The van der Waals surface area contributed by atoms with Crippen molar-refractivity contribution >= 4 is 0 Å².